The minimum atomic E-state index is -0.995. The average molecular weight is 274 g/mol. The summed E-state index contributed by atoms with van der Waals surface area (Å²) in [5.41, 5.74) is 0. The van der Waals surface area contributed by atoms with Gasteiger partial charge in [-0.3, -0.25) is 0 Å². The third-order valence-corrected chi connectivity index (χ3v) is 0.289. The van der Waals surface area contributed by atoms with Crippen molar-refractivity contribution in [3.63, 3.8) is 0 Å². The van der Waals surface area contributed by atoms with Crippen molar-refractivity contribution in [2.45, 2.75) is 13.3 Å². The summed E-state index contributed by atoms with van der Waals surface area (Å²) in [4.78, 5) is 9.26. The summed E-state index contributed by atoms with van der Waals surface area (Å²) >= 11 is 0. The fraction of sp³-hybridized carbons (Fsp3) is 0.667. The first-order valence-corrected chi connectivity index (χ1v) is 1.47. The van der Waals surface area contributed by atoms with E-state index in [0.29, 0.717) is 0 Å². The van der Waals surface area contributed by atoms with E-state index >= 15 is 0 Å². The van der Waals surface area contributed by atoms with E-state index in [-0.39, 0.29) is 34.1 Å². The van der Waals surface area contributed by atoms with Crippen LogP contribution < -0.4 is 5.11 Å². The molecule has 0 spiro atoms. The van der Waals surface area contributed by atoms with Crippen LogP contribution in [-0.4, -0.2) is 5.97 Å². The SMILES string of the molecule is CCC(=O)[O-].[Hg+]. The van der Waals surface area contributed by atoms with Crippen LogP contribution in [0.2, 0.25) is 0 Å². The van der Waals surface area contributed by atoms with Crippen molar-refractivity contribution in [1.29, 1.82) is 0 Å². The Morgan fingerprint density at radius 2 is 2.00 bits per heavy atom. The van der Waals surface area contributed by atoms with Gasteiger partial charge in [0.1, 0.15) is 0 Å². The van der Waals surface area contributed by atoms with Crippen LogP contribution in [-0.2, 0) is 32.5 Å². The van der Waals surface area contributed by atoms with Crippen molar-refractivity contribution in [1.82, 2.24) is 0 Å². The number of rotatable bonds is 1. The zero-order valence-electron chi connectivity index (χ0n) is 3.73. The molecule has 0 atom stereocenters. The summed E-state index contributed by atoms with van der Waals surface area (Å²) in [6, 6.07) is 0. The second-order valence-corrected chi connectivity index (χ2v) is 0.726. The molecular formula is C3H5HgO2. The molecule has 0 aliphatic carbocycles. The molecule has 3 heteroatoms. The Labute approximate surface area is 57.1 Å². The summed E-state index contributed by atoms with van der Waals surface area (Å²) in [7, 11) is 0. The smallest absolute Gasteiger partial charge is 0.550 e. The molecule has 0 fully saturated rings. The molecular weight excluding hydrogens is 269 g/mol. The quantitative estimate of drug-likeness (QED) is 0.584. The molecule has 0 aromatic rings. The van der Waals surface area contributed by atoms with Crippen molar-refractivity contribution in [3.8, 4) is 0 Å². The molecule has 31 valence electrons. The number of carbonyl (C=O) groups excluding carboxylic acids is 1. The van der Waals surface area contributed by atoms with Crippen molar-refractivity contribution in [2.75, 3.05) is 0 Å². The largest absolute Gasteiger partial charge is 1.00 e. The number of carboxylic acid groups (broad SMARTS) is 1. The molecule has 6 heavy (non-hydrogen) atoms. The molecule has 0 bridgehead atoms. The van der Waals surface area contributed by atoms with Crippen LogP contribution in [0.4, 0.5) is 0 Å². The maximum atomic E-state index is 9.26. The van der Waals surface area contributed by atoms with E-state index in [9.17, 15) is 9.90 Å². The molecule has 0 saturated carbocycles. The molecule has 0 amide bonds. The number of carbonyl (C=O) groups is 1. The Balaban J connectivity index is 0. The second-order valence-electron chi connectivity index (χ2n) is 0.726. The van der Waals surface area contributed by atoms with Gasteiger partial charge in [0.15, 0.2) is 0 Å². The Bertz CT molecular complexity index is 44.1. The Hall–Kier alpha value is 0.405. The first kappa shape index (κ1) is 9.64. The summed E-state index contributed by atoms with van der Waals surface area (Å²) < 4.78 is 0. The van der Waals surface area contributed by atoms with Gasteiger partial charge in [0.25, 0.3) is 0 Å². The van der Waals surface area contributed by atoms with Gasteiger partial charge >= 0.3 is 27.7 Å². The second kappa shape index (κ2) is 5.41. The minimum absolute atomic E-state index is 0. The molecule has 0 saturated heterocycles. The zero-order chi connectivity index (χ0) is 4.28. The number of hydrogen-bond acceptors (Lipinski definition) is 2. The van der Waals surface area contributed by atoms with Crippen LogP contribution in [0.25, 0.3) is 0 Å². The third-order valence-electron chi connectivity index (χ3n) is 0.289. The van der Waals surface area contributed by atoms with E-state index in [1.165, 1.54) is 6.92 Å². The normalized spacial score (nSPS) is 6.17. The molecule has 0 aromatic heterocycles. The Kier molecular flexibility index (Phi) is 8.69. The van der Waals surface area contributed by atoms with Crippen LogP contribution >= 0.6 is 0 Å². The van der Waals surface area contributed by atoms with Crippen LogP contribution in [0, 0.1) is 0 Å². The van der Waals surface area contributed by atoms with E-state index in [4.69, 9.17) is 0 Å². The molecule has 0 aliphatic heterocycles. The standard InChI is InChI=1S/C3H6O2.Hg/c1-2-3(4)5;/h2H2,1H3,(H,4,5);/q;+1/p-1. The predicted octanol–water partition coefficient (Wildman–Crippen LogP) is -0.856. The molecule has 0 aliphatic rings. The molecule has 2 nitrogen and oxygen atoms in total. The Morgan fingerprint density at radius 1 is 1.83 bits per heavy atom. The van der Waals surface area contributed by atoms with Gasteiger partial charge in [0.2, 0.25) is 0 Å². The van der Waals surface area contributed by atoms with E-state index < -0.39 is 5.97 Å². The summed E-state index contributed by atoms with van der Waals surface area (Å²) in [5.74, 6) is -0.995. The topological polar surface area (TPSA) is 40.1 Å². The van der Waals surface area contributed by atoms with Gasteiger partial charge in [0.05, 0.1) is 0 Å². The average Bonchev–Trinajstić information content (AvgIpc) is 1.38. The maximum absolute atomic E-state index is 9.26. The van der Waals surface area contributed by atoms with Crippen LogP contribution in [0.15, 0.2) is 0 Å². The zero-order valence-corrected chi connectivity index (χ0v) is 9.23. The van der Waals surface area contributed by atoms with Crippen LogP contribution in [0.1, 0.15) is 13.3 Å². The van der Waals surface area contributed by atoms with Crippen molar-refractivity contribution >= 4 is 5.97 Å². The first-order valence-electron chi connectivity index (χ1n) is 1.47. The van der Waals surface area contributed by atoms with Gasteiger partial charge in [-0.2, -0.15) is 0 Å². The Morgan fingerprint density at radius 3 is 2.00 bits per heavy atom. The molecule has 0 unspecified atom stereocenters. The van der Waals surface area contributed by atoms with E-state index in [0.717, 1.165) is 0 Å². The van der Waals surface area contributed by atoms with Gasteiger partial charge in [-0.1, -0.05) is 6.92 Å². The van der Waals surface area contributed by atoms with Crippen molar-refractivity contribution in [3.05, 3.63) is 0 Å². The fourth-order valence-corrected chi connectivity index (χ4v) is 0. The van der Waals surface area contributed by atoms with E-state index in [2.05, 4.69) is 0 Å². The predicted molar refractivity (Wildman–Crippen MR) is 15.3 cm³/mol. The van der Waals surface area contributed by atoms with Crippen LogP contribution in [0.5, 0.6) is 0 Å². The molecule has 0 rings (SSSR count). The fourth-order valence-electron chi connectivity index (χ4n) is 0. The van der Waals surface area contributed by atoms with Gasteiger partial charge in [-0.15, -0.1) is 0 Å². The van der Waals surface area contributed by atoms with Crippen LogP contribution in [0.3, 0.4) is 0 Å². The summed E-state index contributed by atoms with van der Waals surface area (Å²) in [5, 5.41) is 9.26. The molecule has 0 N–H and O–H groups in total. The molecule has 0 heterocycles. The minimum Gasteiger partial charge on any atom is -0.550 e. The van der Waals surface area contributed by atoms with E-state index in [1.54, 1.807) is 0 Å². The first-order chi connectivity index (χ1) is 2.27. The van der Waals surface area contributed by atoms with Gasteiger partial charge in [-0.05, 0) is 6.42 Å². The van der Waals surface area contributed by atoms with E-state index in [1.807, 2.05) is 0 Å². The van der Waals surface area contributed by atoms with Gasteiger partial charge < -0.3 is 9.90 Å². The van der Waals surface area contributed by atoms with Gasteiger partial charge in [-0.25, -0.2) is 0 Å². The third kappa shape index (κ3) is 8.83. The molecule has 1 radical (unpaired) electrons. The number of carboxylic acids is 1. The van der Waals surface area contributed by atoms with Crippen molar-refractivity contribution in [2.24, 2.45) is 0 Å². The summed E-state index contributed by atoms with van der Waals surface area (Å²) in [6.45, 7) is 1.54. The summed E-state index contributed by atoms with van der Waals surface area (Å²) in [6.07, 6.45) is 0.111. The number of hydrogen-bond donors (Lipinski definition) is 0. The van der Waals surface area contributed by atoms with Gasteiger partial charge in [0, 0.05) is 5.97 Å². The maximum Gasteiger partial charge on any atom is 1.00 e. The molecule has 0 aromatic carbocycles. The monoisotopic (exact) mass is 275 g/mol. The number of aliphatic carboxylic acids is 1. The van der Waals surface area contributed by atoms with Crippen molar-refractivity contribution < 1.29 is 37.6 Å².